The Balaban J connectivity index is 3.00. The van der Waals surface area contributed by atoms with Crippen LogP contribution in [0.15, 0.2) is 18.2 Å². The van der Waals surface area contributed by atoms with Crippen LogP contribution in [0.4, 0.5) is 5.69 Å². The third-order valence-electron chi connectivity index (χ3n) is 1.60. The number of nitrogen functional groups attached to an aromatic ring is 1. The second kappa shape index (κ2) is 4.30. The molecule has 5 heteroatoms. The SMILES string of the molecule is CN(C)NC(=O)c1c(N)cccc1Cl. The molecular formula is C9H12ClN3O. The normalized spacial score (nSPS) is 10.3. The predicted octanol–water partition coefficient (Wildman–Crippen LogP) is 1.13. The number of rotatable bonds is 2. The highest BCUT2D eigenvalue weighted by atomic mass is 35.5. The summed E-state index contributed by atoms with van der Waals surface area (Å²) in [5, 5.41) is 1.88. The summed E-state index contributed by atoms with van der Waals surface area (Å²) in [6.07, 6.45) is 0. The van der Waals surface area contributed by atoms with Crippen LogP contribution in [0.2, 0.25) is 5.02 Å². The quantitative estimate of drug-likeness (QED) is 0.572. The molecule has 14 heavy (non-hydrogen) atoms. The second-order valence-corrected chi connectivity index (χ2v) is 3.45. The topological polar surface area (TPSA) is 58.4 Å². The van der Waals surface area contributed by atoms with Gasteiger partial charge < -0.3 is 5.73 Å². The molecule has 0 spiro atoms. The number of halogens is 1. The van der Waals surface area contributed by atoms with Crippen molar-refractivity contribution in [3.8, 4) is 0 Å². The number of hydrogen-bond acceptors (Lipinski definition) is 3. The van der Waals surface area contributed by atoms with Crippen LogP contribution >= 0.6 is 11.6 Å². The first-order valence-corrected chi connectivity index (χ1v) is 4.42. The Morgan fingerprint density at radius 1 is 1.50 bits per heavy atom. The fourth-order valence-corrected chi connectivity index (χ4v) is 1.31. The maximum Gasteiger partial charge on any atom is 0.269 e. The van der Waals surface area contributed by atoms with Crippen LogP contribution in [0.5, 0.6) is 0 Å². The number of benzene rings is 1. The summed E-state index contributed by atoms with van der Waals surface area (Å²) in [7, 11) is 3.43. The summed E-state index contributed by atoms with van der Waals surface area (Å²) >= 11 is 5.85. The lowest BCUT2D eigenvalue weighted by atomic mass is 10.2. The molecule has 0 fully saturated rings. The average molecular weight is 214 g/mol. The van der Waals surface area contributed by atoms with Gasteiger partial charge in [0, 0.05) is 19.8 Å². The van der Waals surface area contributed by atoms with Gasteiger partial charge in [-0.05, 0) is 12.1 Å². The van der Waals surface area contributed by atoms with Crippen molar-refractivity contribution < 1.29 is 4.79 Å². The Morgan fingerprint density at radius 3 is 2.64 bits per heavy atom. The summed E-state index contributed by atoms with van der Waals surface area (Å²) in [4.78, 5) is 11.6. The van der Waals surface area contributed by atoms with Crippen molar-refractivity contribution in [1.82, 2.24) is 10.4 Å². The third kappa shape index (κ3) is 2.37. The van der Waals surface area contributed by atoms with E-state index in [0.29, 0.717) is 16.3 Å². The van der Waals surface area contributed by atoms with E-state index in [1.54, 1.807) is 32.3 Å². The maximum atomic E-state index is 11.6. The highest BCUT2D eigenvalue weighted by molar-refractivity contribution is 6.34. The first kappa shape index (κ1) is 10.8. The largest absolute Gasteiger partial charge is 0.398 e. The van der Waals surface area contributed by atoms with Crippen LogP contribution in [0, 0.1) is 0 Å². The summed E-state index contributed by atoms with van der Waals surface area (Å²) in [6.45, 7) is 0. The van der Waals surface area contributed by atoms with Crippen LogP contribution in [0.25, 0.3) is 0 Å². The first-order chi connectivity index (χ1) is 6.52. The van der Waals surface area contributed by atoms with Crippen molar-refractivity contribution in [2.75, 3.05) is 19.8 Å². The Hall–Kier alpha value is -1.26. The molecule has 0 saturated heterocycles. The number of amides is 1. The molecule has 0 radical (unpaired) electrons. The zero-order chi connectivity index (χ0) is 10.7. The van der Waals surface area contributed by atoms with Gasteiger partial charge in [0.2, 0.25) is 0 Å². The van der Waals surface area contributed by atoms with E-state index in [-0.39, 0.29) is 5.91 Å². The highest BCUT2D eigenvalue weighted by Crippen LogP contribution is 2.21. The van der Waals surface area contributed by atoms with Gasteiger partial charge in [0.15, 0.2) is 0 Å². The van der Waals surface area contributed by atoms with Crippen molar-refractivity contribution in [2.45, 2.75) is 0 Å². The fourth-order valence-electron chi connectivity index (χ4n) is 1.04. The van der Waals surface area contributed by atoms with Crippen molar-refractivity contribution in [3.05, 3.63) is 28.8 Å². The van der Waals surface area contributed by atoms with Crippen molar-refractivity contribution in [3.63, 3.8) is 0 Å². The number of nitrogens with two attached hydrogens (primary N) is 1. The molecule has 3 N–H and O–H groups in total. The van der Waals surface area contributed by atoms with E-state index < -0.39 is 0 Å². The Morgan fingerprint density at radius 2 is 2.14 bits per heavy atom. The lowest BCUT2D eigenvalue weighted by Gasteiger charge is -2.13. The van der Waals surface area contributed by atoms with Crippen LogP contribution in [-0.4, -0.2) is 25.0 Å². The van der Waals surface area contributed by atoms with Gasteiger partial charge in [0.25, 0.3) is 5.91 Å². The zero-order valence-corrected chi connectivity index (χ0v) is 8.80. The van der Waals surface area contributed by atoms with E-state index in [1.165, 1.54) is 5.01 Å². The molecule has 1 rings (SSSR count). The van der Waals surface area contributed by atoms with E-state index in [2.05, 4.69) is 5.43 Å². The smallest absolute Gasteiger partial charge is 0.269 e. The van der Waals surface area contributed by atoms with Crippen molar-refractivity contribution in [1.29, 1.82) is 0 Å². The van der Waals surface area contributed by atoms with Gasteiger partial charge in [-0.15, -0.1) is 0 Å². The number of hydrogen-bond donors (Lipinski definition) is 2. The second-order valence-electron chi connectivity index (χ2n) is 3.04. The van der Waals surface area contributed by atoms with E-state index in [1.807, 2.05) is 0 Å². The summed E-state index contributed by atoms with van der Waals surface area (Å²) in [5.74, 6) is -0.307. The first-order valence-electron chi connectivity index (χ1n) is 4.04. The summed E-state index contributed by atoms with van der Waals surface area (Å²) in [5.41, 5.74) is 8.89. The van der Waals surface area contributed by atoms with E-state index >= 15 is 0 Å². The molecule has 0 unspecified atom stereocenters. The Labute approximate surface area is 87.6 Å². The van der Waals surface area contributed by atoms with E-state index in [9.17, 15) is 4.79 Å². The maximum absolute atomic E-state index is 11.6. The lowest BCUT2D eigenvalue weighted by Crippen LogP contribution is -2.36. The van der Waals surface area contributed by atoms with Crippen molar-refractivity contribution in [2.24, 2.45) is 0 Å². The number of hydrazine groups is 1. The monoisotopic (exact) mass is 213 g/mol. The molecular weight excluding hydrogens is 202 g/mol. The Kier molecular flexibility index (Phi) is 3.33. The lowest BCUT2D eigenvalue weighted by molar-refractivity contribution is 0.0858. The minimum atomic E-state index is -0.307. The number of carbonyl (C=O) groups excluding carboxylic acids is 1. The zero-order valence-electron chi connectivity index (χ0n) is 8.04. The fraction of sp³-hybridized carbons (Fsp3) is 0.222. The van der Waals surface area contributed by atoms with Crippen LogP contribution < -0.4 is 11.2 Å². The van der Waals surface area contributed by atoms with Gasteiger partial charge in [0.1, 0.15) is 0 Å². The van der Waals surface area contributed by atoms with Crippen molar-refractivity contribution >= 4 is 23.2 Å². The molecule has 0 aromatic heterocycles. The van der Waals surface area contributed by atoms with E-state index in [0.717, 1.165) is 0 Å². The molecule has 0 atom stereocenters. The van der Waals surface area contributed by atoms with E-state index in [4.69, 9.17) is 17.3 Å². The van der Waals surface area contributed by atoms with Gasteiger partial charge >= 0.3 is 0 Å². The summed E-state index contributed by atoms with van der Waals surface area (Å²) in [6, 6.07) is 4.96. The minimum absolute atomic E-state index is 0.307. The number of nitrogens with zero attached hydrogens (tertiary/aromatic N) is 1. The molecule has 0 saturated carbocycles. The predicted molar refractivity (Wildman–Crippen MR) is 57.0 cm³/mol. The van der Waals surface area contributed by atoms with Gasteiger partial charge in [-0.1, -0.05) is 17.7 Å². The average Bonchev–Trinajstić information content (AvgIpc) is 2.01. The molecule has 1 aromatic carbocycles. The molecule has 0 aliphatic heterocycles. The highest BCUT2D eigenvalue weighted by Gasteiger charge is 2.13. The van der Waals surface area contributed by atoms with Crippen LogP contribution in [0.1, 0.15) is 10.4 Å². The molecule has 0 bridgehead atoms. The number of carbonyl (C=O) groups is 1. The van der Waals surface area contributed by atoms with Gasteiger partial charge in [-0.3, -0.25) is 10.2 Å². The molecule has 0 aliphatic rings. The van der Waals surface area contributed by atoms with Gasteiger partial charge in [-0.2, -0.15) is 0 Å². The number of anilines is 1. The van der Waals surface area contributed by atoms with Crippen LogP contribution in [-0.2, 0) is 0 Å². The molecule has 1 aromatic rings. The molecule has 1 amide bonds. The minimum Gasteiger partial charge on any atom is -0.398 e. The van der Waals surface area contributed by atoms with Crippen LogP contribution in [0.3, 0.4) is 0 Å². The molecule has 0 heterocycles. The summed E-state index contributed by atoms with van der Waals surface area (Å²) < 4.78 is 0. The molecule has 0 aliphatic carbocycles. The third-order valence-corrected chi connectivity index (χ3v) is 1.91. The standard InChI is InChI=1S/C9H12ClN3O/c1-13(2)12-9(14)8-6(10)4-3-5-7(8)11/h3-5H,11H2,1-2H3,(H,12,14). The Bertz CT molecular complexity index is 332. The van der Waals surface area contributed by atoms with Gasteiger partial charge in [-0.25, -0.2) is 5.01 Å². The molecule has 4 nitrogen and oxygen atoms in total. The number of nitrogens with one attached hydrogen (secondary N) is 1. The van der Waals surface area contributed by atoms with Gasteiger partial charge in [0.05, 0.1) is 10.6 Å². The molecule has 76 valence electrons.